The quantitative estimate of drug-likeness (QED) is 0.645. The van der Waals surface area contributed by atoms with Gasteiger partial charge in [-0.25, -0.2) is 0 Å². The molecule has 0 fully saturated rings. The minimum absolute atomic E-state index is 0.103. The zero-order valence-electron chi connectivity index (χ0n) is 13.0. The number of thiophene rings is 1. The Balaban J connectivity index is 2.07. The summed E-state index contributed by atoms with van der Waals surface area (Å²) in [5.41, 5.74) is 3.59. The second-order valence-corrected chi connectivity index (χ2v) is 6.45. The summed E-state index contributed by atoms with van der Waals surface area (Å²) in [7, 11) is 0. The zero-order chi connectivity index (χ0) is 16.4. The molecule has 0 unspecified atom stereocenters. The van der Waals surface area contributed by atoms with Crippen molar-refractivity contribution in [3.8, 4) is 0 Å². The fraction of sp³-hybridized carbons (Fsp3) is 0.100. The van der Waals surface area contributed by atoms with Crippen molar-refractivity contribution in [2.75, 3.05) is 0 Å². The van der Waals surface area contributed by atoms with E-state index in [0.717, 1.165) is 11.1 Å². The summed E-state index contributed by atoms with van der Waals surface area (Å²) in [4.78, 5) is 26.2. The van der Waals surface area contributed by atoms with Gasteiger partial charge in [0, 0.05) is 16.7 Å². The maximum Gasteiger partial charge on any atom is 0.203 e. The van der Waals surface area contributed by atoms with Gasteiger partial charge < -0.3 is 0 Å². The van der Waals surface area contributed by atoms with Crippen LogP contribution in [0.25, 0.3) is 0 Å². The van der Waals surface area contributed by atoms with Gasteiger partial charge in [0.15, 0.2) is 5.78 Å². The molecule has 1 aromatic heterocycles. The second kappa shape index (κ2) is 6.31. The molecular weight excluding hydrogens is 304 g/mol. The Morgan fingerprint density at radius 2 is 1.48 bits per heavy atom. The van der Waals surface area contributed by atoms with Crippen LogP contribution in [-0.4, -0.2) is 11.6 Å². The predicted octanol–water partition coefficient (Wildman–Crippen LogP) is 4.83. The third-order valence-corrected chi connectivity index (χ3v) is 4.66. The highest BCUT2D eigenvalue weighted by Gasteiger charge is 2.20. The molecule has 2 nitrogen and oxygen atoms in total. The molecule has 0 spiro atoms. The highest BCUT2D eigenvalue weighted by Crippen LogP contribution is 2.22. The van der Waals surface area contributed by atoms with E-state index in [1.165, 1.54) is 11.3 Å². The van der Waals surface area contributed by atoms with Crippen molar-refractivity contribution in [2.24, 2.45) is 0 Å². The lowest BCUT2D eigenvalue weighted by Crippen LogP contribution is -2.11. The first kappa shape index (κ1) is 15.4. The van der Waals surface area contributed by atoms with Crippen molar-refractivity contribution in [1.29, 1.82) is 0 Å². The van der Waals surface area contributed by atoms with Gasteiger partial charge in [-0.3, -0.25) is 9.59 Å². The van der Waals surface area contributed by atoms with Gasteiger partial charge in [0.25, 0.3) is 0 Å². The molecule has 0 N–H and O–H groups in total. The highest BCUT2D eigenvalue weighted by molar-refractivity contribution is 7.12. The molecule has 0 bridgehead atoms. The molecule has 0 saturated carbocycles. The van der Waals surface area contributed by atoms with Crippen LogP contribution in [0.2, 0.25) is 0 Å². The molecule has 0 saturated heterocycles. The van der Waals surface area contributed by atoms with Crippen LogP contribution in [0.5, 0.6) is 0 Å². The van der Waals surface area contributed by atoms with Crippen molar-refractivity contribution < 1.29 is 9.59 Å². The molecule has 114 valence electrons. The van der Waals surface area contributed by atoms with Crippen LogP contribution in [0.3, 0.4) is 0 Å². The molecule has 1 heterocycles. The normalized spacial score (nSPS) is 10.5. The van der Waals surface area contributed by atoms with E-state index < -0.39 is 0 Å². The lowest BCUT2D eigenvalue weighted by atomic mass is 9.93. The standard InChI is InChI=1S/C20H16O2S/c1-13-9-10-15(14(2)12-13)19(21)16-6-3-4-7-17(16)20(22)18-8-5-11-23-18/h3-12H,1-2H3. The summed E-state index contributed by atoms with van der Waals surface area (Å²) in [6.45, 7) is 3.92. The Morgan fingerprint density at radius 3 is 2.09 bits per heavy atom. The van der Waals surface area contributed by atoms with Gasteiger partial charge in [0.2, 0.25) is 5.78 Å². The molecular formula is C20H16O2S. The predicted molar refractivity (Wildman–Crippen MR) is 93.5 cm³/mol. The van der Waals surface area contributed by atoms with Crippen LogP contribution >= 0.6 is 11.3 Å². The van der Waals surface area contributed by atoms with Crippen LogP contribution in [0.4, 0.5) is 0 Å². The Kier molecular flexibility index (Phi) is 4.22. The number of carbonyl (C=O) groups is 2. The van der Waals surface area contributed by atoms with Crippen LogP contribution in [-0.2, 0) is 0 Å². The number of hydrogen-bond donors (Lipinski definition) is 0. The van der Waals surface area contributed by atoms with Crippen molar-refractivity contribution in [3.05, 3.63) is 92.7 Å². The number of ketones is 2. The van der Waals surface area contributed by atoms with Gasteiger partial charge in [0.1, 0.15) is 0 Å². The average molecular weight is 320 g/mol. The Labute approximate surface area is 139 Å². The third kappa shape index (κ3) is 3.01. The van der Waals surface area contributed by atoms with E-state index in [1.807, 2.05) is 43.5 Å². The molecule has 0 aliphatic carbocycles. The lowest BCUT2D eigenvalue weighted by molar-refractivity contribution is 0.100. The van der Waals surface area contributed by atoms with Crippen molar-refractivity contribution in [2.45, 2.75) is 13.8 Å². The van der Waals surface area contributed by atoms with Gasteiger partial charge >= 0.3 is 0 Å². The topological polar surface area (TPSA) is 34.1 Å². The number of aryl methyl sites for hydroxylation is 2. The van der Waals surface area contributed by atoms with Gasteiger partial charge in [-0.05, 0) is 30.9 Å². The van der Waals surface area contributed by atoms with E-state index in [-0.39, 0.29) is 11.6 Å². The molecule has 0 aliphatic heterocycles. The number of rotatable bonds is 4. The highest BCUT2D eigenvalue weighted by atomic mass is 32.1. The SMILES string of the molecule is Cc1ccc(C(=O)c2ccccc2C(=O)c2cccs2)c(C)c1. The molecule has 3 heteroatoms. The molecule has 0 atom stereocenters. The van der Waals surface area contributed by atoms with E-state index in [1.54, 1.807) is 30.3 Å². The summed E-state index contributed by atoms with van der Waals surface area (Å²) < 4.78 is 0. The van der Waals surface area contributed by atoms with Gasteiger partial charge in [-0.1, -0.05) is 54.1 Å². The van der Waals surface area contributed by atoms with Crippen molar-refractivity contribution >= 4 is 22.9 Å². The maximum atomic E-state index is 12.9. The van der Waals surface area contributed by atoms with Crippen molar-refractivity contribution in [1.82, 2.24) is 0 Å². The minimum Gasteiger partial charge on any atom is -0.289 e. The summed E-state index contributed by atoms with van der Waals surface area (Å²) in [5, 5.41) is 1.86. The number of carbonyl (C=O) groups excluding carboxylic acids is 2. The Morgan fingerprint density at radius 1 is 0.783 bits per heavy atom. The first-order chi connectivity index (χ1) is 11.1. The first-order valence-corrected chi connectivity index (χ1v) is 8.25. The maximum absolute atomic E-state index is 12.9. The summed E-state index contributed by atoms with van der Waals surface area (Å²) >= 11 is 1.39. The largest absolute Gasteiger partial charge is 0.289 e. The molecule has 0 aliphatic rings. The molecule has 23 heavy (non-hydrogen) atoms. The second-order valence-electron chi connectivity index (χ2n) is 5.50. The Bertz CT molecular complexity index is 876. The van der Waals surface area contributed by atoms with Gasteiger partial charge in [-0.15, -0.1) is 11.3 Å². The van der Waals surface area contributed by atoms with Crippen LogP contribution < -0.4 is 0 Å². The summed E-state index contributed by atoms with van der Waals surface area (Å²) in [6.07, 6.45) is 0. The molecule has 0 amide bonds. The molecule has 2 aromatic carbocycles. The zero-order valence-corrected chi connectivity index (χ0v) is 13.8. The third-order valence-electron chi connectivity index (χ3n) is 3.79. The minimum atomic E-state index is -0.108. The average Bonchev–Trinajstić information content (AvgIpc) is 3.08. The number of benzene rings is 2. The fourth-order valence-corrected chi connectivity index (χ4v) is 3.31. The summed E-state index contributed by atoms with van der Waals surface area (Å²) in [5.74, 6) is -0.211. The van der Waals surface area contributed by atoms with Crippen LogP contribution in [0.1, 0.15) is 42.3 Å². The van der Waals surface area contributed by atoms with E-state index in [4.69, 9.17) is 0 Å². The smallest absolute Gasteiger partial charge is 0.203 e. The van der Waals surface area contributed by atoms with Crippen molar-refractivity contribution in [3.63, 3.8) is 0 Å². The van der Waals surface area contributed by atoms with Gasteiger partial charge in [-0.2, -0.15) is 0 Å². The monoisotopic (exact) mass is 320 g/mol. The van der Waals surface area contributed by atoms with E-state index in [9.17, 15) is 9.59 Å². The van der Waals surface area contributed by atoms with Crippen LogP contribution in [0, 0.1) is 13.8 Å². The lowest BCUT2D eigenvalue weighted by Gasteiger charge is -2.10. The molecule has 0 radical (unpaired) electrons. The van der Waals surface area contributed by atoms with Crippen LogP contribution in [0.15, 0.2) is 60.0 Å². The fourth-order valence-electron chi connectivity index (χ4n) is 2.63. The van der Waals surface area contributed by atoms with Gasteiger partial charge in [0.05, 0.1) is 4.88 Å². The molecule has 3 rings (SSSR count). The van der Waals surface area contributed by atoms with E-state index in [2.05, 4.69) is 0 Å². The Hall–Kier alpha value is -2.52. The van der Waals surface area contributed by atoms with E-state index in [0.29, 0.717) is 21.6 Å². The molecule has 3 aromatic rings. The summed E-state index contributed by atoms with van der Waals surface area (Å²) in [6, 6.07) is 16.4. The number of hydrogen-bond acceptors (Lipinski definition) is 3. The van der Waals surface area contributed by atoms with E-state index >= 15 is 0 Å². The first-order valence-electron chi connectivity index (χ1n) is 7.37.